The van der Waals surface area contributed by atoms with Crippen LogP contribution in [0, 0.1) is 0 Å². The summed E-state index contributed by atoms with van der Waals surface area (Å²) >= 11 is 0. The highest BCUT2D eigenvalue weighted by atomic mass is 16.5. The Morgan fingerprint density at radius 2 is 1.95 bits per heavy atom. The first-order valence-electron chi connectivity index (χ1n) is 13.6. The molecular formula is C28H39N7O3. The van der Waals surface area contributed by atoms with Crippen LogP contribution in [0.4, 0.5) is 5.82 Å². The van der Waals surface area contributed by atoms with Crippen LogP contribution in [-0.4, -0.2) is 70.1 Å². The van der Waals surface area contributed by atoms with Gasteiger partial charge in [0.15, 0.2) is 11.6 Å². The van der Waals surface area contributed by atoms with Crippen molar-refractivity contribution >= 4 is 22.8 Å². The fourth-order valence-electron chi connectivity index (χ4n) is 4.63. The Hall–Kier alpha value is -3.37. The van der Waals surface area contributed by atoms with Gasteiger partial charge in [0.25, 0.3) is 0 Å². The van der Waals surface area contributed by atoms with Crippen LogP contribution in [0.5, 0.6) is 5.75 Å². The van der Waals surface area contributed by atoms with E-state index in [-0.39, 0.29) is 11.9 Å². The Labute approximate surface area is 224 Å². The number of nitrogens with two attached hydrogens (primary N) is 1. The summed E-state index contributed by atoms with van der Waals surface area (Å²) in [7, 11) is 2.03. The SMILES string of the molecule is CCCOCc1ncc(-c2ccc3ncc(N)nc3c2OCCCCCNC(=O)[C@@H]2CCCCN2C)cn1. The van der Waals surface area contributed by atoms with Gasteiger partial charge in [-0.2, -0.15) is 0 Å². The highest BCUT2D eigenvalue weighted by Gasteiger charge is 2.25. The number of nitrogens with zero attached hydrogens (tertiary/aromatic N) is 5. The number of likely N-dealkylation sites (tertiary alicyclic amines) is 1. The Balaban J connectivity index is 1.34. The maximum Gasteiger partial charge on any atom is 0.237 e. The zero-order valence-electron chi connectivity index (χ0n) is 22.5. The van der Waals surface area contributed by atoms with E-state index in [1.54, 1.807) is 18.6 Å². The van der Waals surface area contributed by atoms with Gasteiger partial charge in [-0.15, -0.1) is 0 Å². The summed E-state index contributed by atoms with van der Waals surface area (Å²) in [5.41, 5.74) is 8.93. The number of ether oxygens (including phenoxy) is 2. The quantitative estimate of drug-likeness (QED) is 0.323. The Bertz CT molecular complexity index is 1190. The van der Waals surface area contributed by atoms with Gasteiger partial charge >= 0.3 is 0 Å². The Morgan fingerprint density at radius 3 is 2.74 bits per heavy atom. The second kappa shape index (κ2) is 14.0. The van der Waals surface area contributed by atoms with Crippen LogP contribution in [0.1, 0.15) is 57.7 Å². The van der Waals surface area contributed by atoms with Crippen LogP contribution in [0.25, 0.3) is 22.2 Å². The summed E-state index contributed by atoms with van der Waals surface area (Å²) in [6, 6.07) is 3.85. The third-order valence-corrected chi connectivity index (χ3v) is 6.72. The Morgan fingerprint density at radius 1 is 1.11 bits per heavy atom. The summed E-state index contributed by atoms with van der Waals surface area (Å²) in [6.07, 6.45) is 12.0. The van der Waals surface area contributed by atoms with Crippen LogP contribution in [0.15, 0.2) is 30.7 Å². The van der Waals surface area contributed by atoms with Crippen LogP contribution >= 0.6 is 0 Å². The van der Waals surface area contributed by atoms with Gasteiger partial charge in [0.05, 0.1) is 24.4 Å². The van der Waals surface area contributed by atoms with Gasteiger partial charge in [0.1, 0.15) is 17.9 Å². The Kier molecular flexibility index (Phi) is 10.2. The number of nitrogen functional groups attached to an aromatic ring is 1. The molecule has 0 radical (unpaired) electrons. The minimum atomic E-state index is 0.00678. The number of nitrogens with one attached hydrogen (secondary N) is 1. The molecule has 4 rings (SSSR count). The summed E-state index contributed by atoms with van der Waals surface area (Å²) in [5.74, 6) is 1.73. The topological polar surface area (TPSA) is 128 Å². The van der Waals surface area contributed by atoms with Crippen LogP contribution in [-0.2, 0) is 16.1 Å². The second-order valence-corrected chi connectivity index (χ2v) is 9.74. The molecular weight excluding hydrogens is 482 g/mol. The van der Waals surface area contributed by atoms with Crippen LogP contribution in [0.2, 0.25) is 0 Å². The van der Waals surface area contributed by atoms with Gasteiger partial charge in [0.2, 0.25) is 5.91 Å². The lowest BCUT2D eigenvalue weighted by Crippen LogP contribution is -2.47. The van der Waals surface area contributed by atoms with Crippen molar-refractivity contribution in [1.82, 2.24) is 30.2 Å². The molecule has 3 heterocycles. The molecule has 1 atom stereocenters. The molecule has 10 heteroatoms. The molecule has 0 aliphatic carbocycles. The van der Waals surface area contributed by atoms with E-state index in [0.29, 0.717) is 54.8 Å². The summed E-state index contributed by atoms with van der Waals surface area (Å²) in [5, 5.41) is 3.10. The number of unbranched alkanes of at least 4 members (excludes halogenated alkanes) is 2. The summed E-state index contributed by atoms with van der Waals surface area (Å²) in [4.78, 5) is 32.5. The molecule has 0 saturated carbocycles. The van der Waals surface area contributed by atoms with Gasteiger partial charge in [-0.1, -0.05) is 13.3 Å². The largest absolute Gasteiger partial charge is 0.491 e. The van der Waals surface area contributed by atoms with Crippen molar-refractivity contribution in [2.24, 2.45) is 0 Å². The third-order valence-electron chi connectivity index (χ3n) is 6.72. The lowest BCUT2D eigenvalue weighted by molar-refractivity contribution is -0.127. The maximum absolute atomic E-state index is 12.5. The highest BCUT2D eigenvalue weighted by molar-refractivity contribution is 5.90. The van der Waals surface area contributed by atoms with E-state index in [4.69, 9.17) is 15.2 Å². The monoisotopic (exact) mass is 521 g/mol. The summed E-state index contributed by atoms with van der Waals surface area (Å²) in [6.45, 7) is 5.30. The molecule has 1 saturated heterocycles. The molecule has 1 aromatic carbocycles. The number of carbonyl (C=O) groups is 1. The number of anilines is 1. The third kappa shape index (κ3) is 7.35. The first-order chi connectivity index (χ1) is 18.6. The standard InChI is InChI=1S/C28H39N7O3/c1-3-14-37-19-25-32-16-20(17-33-25)21-10-11-22-26(34-24(29)18-31-22)27(21)38-15-8-4-6-12-30-28(36)23-9-5-7-13-35(23)2/h10-11,16-18,23H,3-9,12-15,19H2,1-2H3,(H2,29,34)(H,30,36)/t23-/m0/s1. The fourth-order valence-corrected chi connectivity index (χ4v) is 4.63. The van der Waals surface area contributed by atoms with Crippen LogP contribution < -0.4 is 15.8 Å². The van der Waals surface area contributed by atoms with Crippen molar-refractivity contribution in [3.8, 4) is 16.9 Å². The number of aromatic nitrogens is 4. The predicted molar refractivity (Wildman–Crippen MR) is 148 cm³/mol. The van der Waals surface area contributed by atoms with Crippen molar-refractivity contribution in [3.63, 3.8) is 0 Å². The first-order valence-corrected chi connectivity index (χ1v) is 13.6. The molecule has 204 valence electrons. The molecule has 3 aromatic rings. The van der Waals surface area contributed by atoms with Gasteiger partial charge in [-0.3, -0.25) is 14.7 Å². The number of carbonyl (C=O) groups excluding carboxylic acids is 1. The molecule has 2 aromatic heterocycles. The van der Waals surface area contributed by atoms with Crippen molar-refractivity contribution in [2.75, 3.05) is 39.1 Å². The number of rotatable bonds is 13. The molecule has 1 fully saturated rings. The van der Waals surface area contributed by atoms with Crippen LogP contribution in [0.3, 0.4) is 0 Å². The smallest absolute Gasteiger partial charge is 0.237 e. The van der Waals surface area contributed by atoms with Crippen molar-refractivity contribution in [1.29, 1.82) is 0 Å². The molecule has 3 N–H and O–H groups in total. The van der Waals surface area contributed by atoms with E-state index in [1.165, 1.54) is 6.42 Å². The molecule has 0 bridgehead atoms. The zero-order valence-corrected chi connectivity index (χ0v) is 22.5. The second-order valence-electron chi connectivity index (χ2n) is 9.74. The number of fused-ring (bicyclic) bond motifs is 1. The van der Waals surface area contributed by atoms with Gasteiger partial charge in [-0.05, 0) is 64.3 Å². The number of benzene rings is 1. The molecule has 1 aliphatic rings. The number of hydrogen-bond donors (Lipinski definition) is 2. The maximum atomic E-state index is 12.5. The predicted octanol–water partition coefficient (Wildman–Crippen LogP) is 3.75. The van der Waals surface area contributed by atoms with E-state index in [1.807, 2.05) is 19.2 Å². The average Bonchev–Trinajstić information content (AvgIpc) is 2.93. The van der Waals surface area contributed by atoms with Gasteiger partial charge < -0.3 is 20.5 Å². The van der Waals surface area contributed by atoms with E-state index in [2.05, 4.69) is 37.1 Å². The van der Waals surface area contributed by atoms with E-state index >= 15 is 0 Å². The summed E-state index contributed by atoms with van der Waals surface area (Å²) < 4.78 is 11.8. The lowest BCUT2D eigenvalue weighted by atomic mass is 10.0. The van der Waals surface area contributed by atoms with Crippen molar-refractivity contribution in [3.05, 3.63) is 36.5 Å². The first kappa shape index (κ1) is 27.7. The molecule has 10 nitrogen and oxygen atoms in total. The van der Waals surface area contributed by atoms with Crippen molar-refractivity contribution in [2.45, 2.75) is 64.5 Å². The minimum Gasteiger partial charge on any atom is -0.491 e. The molecule has 0 spiro atoms. The fraction of sp³-hybridized carbons (Fsp3) is 0.536. The van der Waals surface area contributed by atoms with Gasteiger partial charge in [0, 0.05) is 36.7 Å². The molecule has 38 heavy (non-hydrogen) atoms. The number of amides is 1. The van der Waals surface area contributed by atoms with E-state index in [9.17, 15) is 4.79 Å². The van der Waals surface area contributed by atoms with Gasteiger partial charge in [-0.25, -0.2) is 15.0 Å². The molecule has 1 amide bonds. The zero-order chi connectivity index (χ0) is 26.7. The number of likely N-dealkylation sites (N-methyl/N-ethyl adjacent to an activating group) is 1. The highest BCUT2D eigenvalue weighted by Crippen LogP contribution is 2.35. The lowest BCUT2D eigenvalue weighted by Gasteiger charge is -2.31. The van der Waals surface area contributed by atoms with E-state index < -0.39 is 0 Å². The molecule has 1 aliphatic heterocycles. The number of piperidine rings is 1. The molecule has 0 unspecified atom stereocenters. The normalized spacial score (nSPS) is 16.0. The number of hydrogen-bond acceptors (Lipinski definition) is 9. The average molecular weight is 522 g/mol. The van der Waals surface area contributed by atoms with E-state index in [0.717, 1.165) is 56.2 Å². The minimum absolute atomic E-state index is 0.00678. The van der Waals surface area contributed by atoms with Crippen molar-refractivity contribution < 1.29 is 14.3 Å².